The zero-order chi connectivity index (χ0) is 20.0. The largest absolute Gasteiger partial charge is 0.289 e. The number of carbonyl (C=O) groups is 1. The predicted octanol–water partition coefficient (Wildman–Crippen LogP) is 3.56. The lowest BCUT2D eigenvalue weighted by Gasteiger charge is -2.30. The van der Waals surface area contributed by atoms with Crippen molar-refractivity contribution in [2.24, 2.45) is 5.92 Å². The van der Waals surface area contributed by atoms with Crippen LogP contribution in [0.3, 0.4) is 0 Å². The molecule has 0 aliphatic heterocycles. The van der Waals surface area contributed by atoms with E-state index in [2.05, 4.69) is 15.9 Å². The second kappa shape index (κ2) is 9.45. The molecule has 2 aromatic carbocycles. The average molecular weight is 455 g/mol. The third kappa shape index (κ3) is 5.62. The van der Waals surface area contributed by atoms with Crippen molar-refractivity contribution in [1.29, 1.82) is 0 Å². The van der Waals surface area contributed by atoms with Crippen LogP contribution in [0.4, 0.5) is 0 Å². The van der Waals surface area contributed by atoms with Crippen molar-refractivity contribution in [2.45, 2.75) is 37.8 Å². The van der Waals surface area contributed by atoms with Crippen molar-refractivity contribution >= 4 is 31.9 Å². The molecule has 0 aromatic heterocycles. The number of rotatable bonds is 8. The fourth-order valence-corrected chi connectivity index (χ4v) is 4.60. The summed E-state index contributed by atoms with van der Waals surface area (Å²) in [6, 6.07) is 14.3. The molecule has 8 heteroatoms. The van der Waals surface area contributed by atoms with Gasteiger partial charge in [-0.3, -0.25) is 10.0 Å². The molecular weight excluding hydrogens is 432 g/mol. The van der Waals surface area contributed by atoms with Crippen LogP contribution in [0.1, 0.15) is 25.8 Å². The zero-order valence-electron chi connectivity index (χ0n) is 15.2. The summed E-state index contributed by atoms with van der Waals surface area (Å²) in [5.41, 5.74) is 2.36. The van der Waals surface area contributed by atoms with Crippen LogP contribution in [0, 0.1) is 5.92 Å². The van der Waals surface area contributed by atoms with Gasteiger partial charge >= 0.3 is 0 Å². The van der Waals surface area contributed by atoms with Crippen molar-refractivity contribution in [2.75, 3.05) is 0 Å². The Morgan fingerprint density at radius 2 is 1.70 bits per heavy atom. The quantitative estimate of drug-likeness (QED) is 0.471. The van der Waals surface area contributed by atoms with Crippen molar-refractivity contribution in [3.8, 4) is 0 Å². The van der Waals surface area contributed by atoms with E-state index in [1.165, 1.54) is 12.1 Å². The molecule has 0 aliphatic carbocycles. The fourth-order valence-electron chi connectivity index (χ4n) is 2.74. The molecule has 1 atom stereocenters. The number of carbonyl (C=O) groups excluding carboxylic acids is 1. The van der Waals surface area contributed by atoms with Gasteiger partial charge in [-0.05, 0) is 42.2 Å². The van der Waals surface area contributed by atoms with Crippen molar-refractivity contribution in [3.05, 3.63) is 64.6 Å². The molecule has 27 heavy (non-hydrogen) atoms. The van der Waals surface area contributed by atoms with E-state index in [9.17, 15) is 18.4 Å². The number of halogens is 1. The number of benzene rings is 2. The molecule has 0 unspecified atom stereocenters. The molecule has 2 N–H and O–H groups in total. The molecule has 0 fully saturated rings. The highest BCUT2D eigenvalue weighted by Gasteiger charge is 2.36. The van der Waals surface area contributed by atoms with Gasteiger partial charge < -0.3 is 0 Å². The maximum Gasteiger partial charge on any atom is 0.261 e. The zero-order valence-corrected chi connectivity index (χ0v) is 17.6. The van der Waals surface area contributed by atoms with Crippen LogP contribution in [0.2, 0.25) is 0 Å². The Bertz CT molecular complexity index is 855. The lowest BCUT2D eigenvalue weighted by molar-refractivity contribution is -0.133. The van der Waals surface area contributed by atoms with Gasteiger partial charge in [-0.15, -0.1) is 0 Å². The smallest absolute Gasteiger partial charge is 0.261 e. The summed E-state index contributed by atoms with van der Waals surface area (Å²) in [5.74, 6) is -0.703. The Hall–Kier alpha value is -1.74. The second-order valence-corrected chi connectivity index (χ2v) is 9.42. The van der Waals surface area contributed by atoms with Gasteiger partial charge in [-0.25, -0.2) is 13.9 Å². The van der Waals surface area contributed by atoms with Crippen LogP contribution in [0.25, 0.3) is 0 Å². The van der Waals surface area contributed by atoms with Gasteiger partial charge in [0.25, 0.3) is 5.91 Å². The number of sulfonamides is 1. The van der Waals surface area contributed by atoms with Gasteiger partial charge in [0.15, 0.2) is 0 Å². The SMILES string of the molecule is CC(C)C[C@@H](C(=O)NO)N(Cc1ccccc1)S(=O)(=O)c1ccc(Br)cc1. The van der Waals surface area contributed by atoms with E-state index in [0.29, 0.717) is 0 Å². The number of nitrogens with zero attached hydrogens (tertiary/aromatic N) is 1. The molecule has 0 bridgehead atoms. The number of hydroxylamine groups is 1. The maximum atomic E-state index is 13.3. The first-order valence-corrected chi connectivity index (χ1v) is 10.7. The van der Waals surface area contributed by atoms with Gasteiger partial charge in [0.1, 0.15) is 6.04 Å². The van der Waals surface area contributed by atoms with Crippen LogP contribution in [0.15, 0.2) is 64.0 Å². The molecule has 0 heterocycles. The Morgan fingerprint density at radius 1 is 1.11 bits per heavy atom. The summed E-state index contributed by atoms with van der Waals surface area (Å²) in [6.07, 6.45) is 0.273. The summed E-state index contributed by atoms with van der Waals surface area (Å²) in [6.45, 7) is 3.80. The monoisotopic (exact) mass is 454 g/mol. The first kappa shape index (κ1) is 21.6. The molecule has 1 amide bonds. The van der Waals surface area contributed by atoms with Crippen molar-refractivity contribution < 1.29 is 18.4 Å². The van der Waals surface area contributed by atoms with E-state index < -0.39 is 22.0 Å². The summed E-state index contributed by atoms with van der Waals surface area (Å²) in [7, 11) is -3.98. The second-order valence-electron chi connectivity index (χ2n) is 6.61. The molecule has 0 spiro atoms. The minimum atomic E-state index is -3.98. The van der Waals surface area contributed by atoms with E-state index in [0.717, 1.165) is 14.3 Å². The Balaban J connectivity index is 2.53. The highest BCUT2D eigenvalue weighted by atomic mass is 79.9. The van der Waals surface area contributed by atoms with Gasteiger partial charge in [-0.2, -0.15) is 4.31 Å². The number of hydrogen-bond acceptors (Lipinski definition) is 4. The standard InChI is InChI=1S/C19H23BrN2O4S/c1-14(2)12-18(19(23)21-24)22(13-15-6-4-3-5-7-15)27(25,26)17-10-8-16(20)9-11-17/h3-11,14,18,24H,12-13H2,1-2H3,(H,21,23)/t18-/m0/s1. The van der Waals surface area contributed by atoms with E-state index in [1.54, 1.807) is 29.7 Å². The minimum Gasteiger partial charge on any atom is -0.289 e. The van der Waals surface area contributed by atoms with Gasteiger partial charge in [0, 0.05) is 11.0 Å². The molecule has 2 aromatic rings. The third-order valence-corrected chi connectivity index (χ3v) is 6.45. The van der Waals surface area contributed by atoms with Crippen molar-refractivity contribution in [1.82, 2.24) is 9.79 Å². The maximum absolute atomic E-state index is 13.3. The van der Waals surface area contributed by atoms with E-state index in [1.807, 2.05) is 32.0 Å². The normalized spacial score (nSPS) is 13.0. The van der Waals surface area contributed by atoms with Crippen LogP contribution in [-0.4, -0.2) is 29.9 Å². The third-order valence-electron chi connectivity index (χ3n) is 4.06. The van der Waals surface area contributed by atoms with Crippen LogP contribution in [0.5, 0.6) is 0 Å². The fraction of sp³-hybridized carbons (Fsp3) is 0.316. The summed E-state index contributed by atoms with van der Waals surface area (Å²) >= 11 is 3.29. The lowest BCUT2D eigenvalue weighted by atomic mass is 10.0. The summed E-state index contributed by atoms with van der Waals surface area (Å²) < 4.78 is 28.6. The number of nitrogens with one attached hydrogen (secondary N) is 1. The van der Waals surface area contributed by atoms with Crippen molar-refractivity contribution in [3.63, 3.8) is 0 Å². The van der Waals surface area contributed by atoms with Gasteiger partial charge in [-0.1, -0.05) is 60.1 Å². The molecule has 0 saturated carbocycles. The number of amides is 1. The topological polar surface area (TPSA) is 86.7 Å². The Kier molecular flexibility index (Phi) is 7.55. The predicted molar refractivity (Wildman–Crippen MR) is 106 cm³/mol. The first-order chi connectivity index (χ1) is 12.8. The van der Waals surface area contributed by atoms with E-state index in [4.69, 9.17) is 0 Å². The minimum absolute atomic E-state index is 0.0179. The molecular formula is C19H23BrN2O4S. The first-order valence-electron chi connectivity index (χ1n) is 8.51. The molecule has 6 nitrogen and oxygen atoms in total. The highest BCUT2D eigenvalue weighted by molar-refractivity contribution is 9.10. The summed E-state index contributed by atoms with van der Waals surface area (Å²) in [5, 5.41) is 9.18. The Morgan fingerprint density at radius 3 is 2.22 bits per heavy atom. The van der Waals surface area contributed by atoms with E-state index in [-0.39, 0.29) is 23.8 Å². The Labute approximate surface area is 168 Å². The van der Waals surface area contributed by atoms with Crippen LogP contribution >= 0.6 is 15.9 Å². The van der Waals surface area contributed by atoms with E-state index >= 15 is 0 Å². The summed E-state index contributed by atoms with van der Waals surface area (Å²) in [4.78, 5) is 12.4. The molecule has 0 radical (unpaired) electrons. The molecule has 146 valence electrons. The molecule has 0 saturated heterocycles. The van der Waals surface area contributed by atoms with Crippen LogP contribution in [-0.2, 0) is 21.4 Å². The highest BCUT2D eigenvalue weighted by Crippen LogP contribution is 2.25. The van der Waals surface area contributed by atoms with Gasteiger partial charge in [0.2, 0.25) is 10.0 Å². The average Bonchev–Trinajstić information content (AvgIpc) is 2.64. The van der Waals surface area contributed by atoms with Gasteiger partial charge in [0.05, 0.1) is 4.90 Å². The lowest BCUT2D eigenvalue weighted by Crippen LogP contribution is -2.49. The van der Waals surface area contributed by atoms with Crippen LogP contribution < -0.4 is 5.48 Å². The molecule has 0 aliphatic rings. The molecule has 2 rings (SSSR count). The number of hydrogen-bond donors (Lipinski definition) is 2.